The maximum Gasteiger partial charge on any atom is 0.257 e. The van der Waals surface area contributed by atoms with Crippen molar-refractivity contribution in [2.75, 3.05) is 31.1 Å². The quantitative estimate of drug-likeness (QED) is 0.643. The van der Waals surface area contributed by atoms with Crippen LogP contribution in [0, 0.1) is 6.92 Å². The van der Waals surface area contributed by atoms with Crippen molar-refractivity contribution in [2.45, 2.75) is 6.92 Å². The van der Waals surface area contributed by atoms with E-state index >= 15 is 0 Å². The maximum absolute atomic E-state index is 13.0. The van der Waals surface area contributed by atoms with Crippen LogP contribution in [-0.4, -0.2) is 56.7 Å². The van der Waals surface area contributed by atoms with Crippen LogP contribution in [0.3, 0.4) is 0 Å². The van der Waals surface area contributed by atoms with Gasteiger partial charge in [0.25, 0.3) is 5.91 Å². The largest absolute Gasteiger partial charge is 0.352 e. The fraction of sp³-hybridized carbons (Fsp3) is 0.263. The van der Waals surface area contributed by atoms with Gasteiger partial charge in [-0.15, -0.1) is 0 Å². The Morgan fingerprint density at radius 3 is 2.44 bits per heavy atom. The number of aromatic nitrogens is 4. The Morgan fingerprint density at radius 1 is 1.04 bits per heavy atom. The van der Waals surface area contributed by atoms with E-state index in [9.17, 15) is 4.79 Å². The van der Waals surface area contributed by atoms with Crippen LogP contribution >= 0.6 is 15.9 Å². The number of anilines is 1. The van der Waals surface area contributed by atoms with E-state index in [0.717, 1.165) is 34.8 Å². The van der Waals surface area contributed by atoms with Crippen molar-refractivity contribution in [3.05, 3.63) is 64.8 Å². The third kappa shape index (κ3) is 3.57. The number of hydrogen-bond acceptors (Lipinski definition) is 5. The zero-order valence-electron chi connectivity index (χ0n) is 14.9. The van der Waals surface area contributed by atoms with Gasteiger partial charge in [0.2, 0.25) is 0 Å². The van der Waals surface area contributed by atoms with Crippen molar-refractivity contribution >= 4 is 27.7 Å². The summed E-state index contributed by atoms with van der Waals surface area (Å²) < 4.78 is 2.81. The van der Waals surface area contributed by atoms with E-state index in [1.54, 1.807) is 29.5 Å². The van der Waals surface area contributed by atoms with Crippen molar-refractivity contribution in [3.63, 3.8) is 0 Å². The molecule has 1 aromatic carbocycles. The molecular formula is C19H19BrN6O. The second-order valence-electron chi connectivity index (χ2n) is 6.37. The number of carbonyl (C=O) groups excluding carboxylic acids is 1. The summed E-state index contributed by atoms with van der Waals surface area (Å²) in [6, 6.07) is 7.86. The van der Waals surface area contributed by atoms with E-state index in [1.807, 2.05) is 36.1 Å². The van der Waals surface area contributed by atoms with E-state index < -0.39 is 0 Å². The summed E-state index contributed by atoms with van der Waals surface area (Å²) in [5.74, 6) is 0.874. The molecular weight excluding hydrogens is 408 g/mol. The summed E-state index contributed by atoms with van der Waals surface area (Å²) >= 11 is 3.44. The van der Waals surface area contributed by atoms with E-state index in [2.05, 4.69) is 35.9 Å². The number of nitrogens with zero attached hydrogens (tertiary/aromatic N) is 6. The smallest absolute Gasteiger partial charge is 0.257 e. The summed E-state index contributed by atoms with van der Waals surface area (Å²) in [6.07, 6.45) is 6.76. The highest BCUT2D eigenvalue weighted by Gasteiger charge is 2.25. The second-order valence-corrected chi connectivity index (χ2v) is 7.29. The third-order valence-corrected chi connectivity index (χ3v) is 5.28. The van der Waals surface area contributed by atoms with Crippen LogP contribution in [0.2, 0.25) is 0 Å². The van der Waals surface area contributed by atoms with Gasteiger partial charge in [-0.25, -0.2) is 9.67 Å². The lowest BCUT2D eigenvalue weighted by atomic mass is 10.2. The van der Waals surface area contributed by atoms with Gasteiger partial charge in [0.15, 0.2) is 0 Å². The number of amides is 1. The number of carbonyl (C=O) groups is 1. The van der Waals surface area contributed by atoms with Gasteiger partial charge in [-0.05, 0) is 31.2 Å². The number of benzene rings is 1. The Morgan fingerprint density at radius 2 is 1.78 bits per heavy atom. The zero-order valence-corrected chi connectivity index (χ0v) is 16.5. The lowest BCUT2D eigenvalue weighted by Crippen LogP contribution is -2.49. The molecule has 138 valence electrons. The minimum Gasteiger partial charge on any atom is -0.352 e. The third-order valence-electron chi connectivity index (χ3n) is 4.75. The Balaban J connectivity index is 1.47. The summed E-state index contributed by atoms with van der Waals surface area (Å²) in [5.41, 5.74) is 2.42. The first-order valence-electron chi connectivity index (χ1n) is 8.74. The van der Waals surface area contributed by atoms with Gasteiger partial charge in [0.05, 0.1) is 29.3 Å². The van der Waals surface area contributed by atoms with Gasteiger partial charge >= 0.3 is 0 Å². The zero-order chi connectivity index (χ0) is 18.8. The van der Waals surface area contributed by atoms with Crippen molar-refractivity contribution in [3.8, 4) is 5.69 Å². The predicted octanol–water partition coefficient (Wildman–Crippen LogP) is 2.70. The summed E-state index contributed by atoms with van der Waals surface area (Å²) in [7, 11) is 0. The molecule has 3 heterocycles. The van der Waals surface area contributed by atoms with Crippen LogP contribution in [-0.2, 0) is 0 Å². The van der Waals surface area contributed by atoms with Crippen LogP contribution in [0.15, 0.2) is 53.5 Å². The Bertz CT molecular complexity index is 933. The van der Waals surface area contributed by atoms with E-state index in [-0.39, 0.29) is 5.91 Å². The average molecular weight is 427 g/mol. The lowest BCUT2D eigenvalue weighted by Gasteiger charge is -2.35. The highest BCUT2D eigenvalue weighted by atomic mass is 79.9. The van der Waals surface area contributed by atoms with Crippen LogP contribution in [0.4, 0.5) is 5.82 Å². The highest BCUT2D eigenvalue weighted by molar-refractivity contribution is 9.10. The van der Waals surface area contributed by atoms with Crippen molar-refractivity contribution in [1.29, 1.82) is 0 Å². The molecule has 0 radical (unpaired) electrons. The molecule has 0 bridgehead atoms. The van der Waals surface area contributed by atoms with E-state index in [0.29, 0.717) is 18.7 Å². The Labute approximate surface area is 165 Å². The van der Waals surface area contributed by atoms with Crippen molar-refractivity contribution < 1.29 is 4.79 Å². The molecule has 0 unspecified atom stereocenters. The minimum atomic E-state index is 0.0228. The molecule has 1 saturated heterocycles. The summed E-state index contributed by atoms with van der Waals surface area (Å²) in [6.45, 7) is 4.71. The SMILES string of the molecule is Cc1c(C(=O)N2CCN(c3cnccn3)CC2)cnn1-c1ccc(Br)cc1. The molecule has 1 fully saturated rings. The molecule has 4 rings (SSSR count). The fourth-order valence-corrected chi connectivity index (χ4v) is 3.49. The first-order chi connectivity index (χ1) is 13.1. The number of piperazine rings is 1. The van der Waals surface area contributed by atoms with Gasteiger partial charge in [0.1, 0.15) is 5.82 Å². The van der Waals surface area contributed by atoms with Crippen molar-refractivity contribution in [2.24, 2.45) is 0 Å². The molecule has 0 saturated carbocycles. The molecule has 27 heavy (non-hydrogen) atoms. The molecule has 0 spiro atoms. The molecule has 1 aliphatic heterocycles. The monoisotopic (exact) mass is 426 g/mol. The normalized spacial score (nSPS) is 14.4. The summed E-state index contributed by atoms with van der Waals surface area (Å²) in [4.78, 5) is 25.4. The van der Waals surface area contributed by atoms with Gasteiger partial charge in [0, 0.05) is 43.0 Å². The van der Waals surface area contributed by atoms with Gasteiger partial charge < -0.3 is 9.80 Å². The molecule has 0 N–H and O–H groups in total. The first kappa shape index (κ1) is 17.7. The van der Waals surface area contributed by atoms with Crippen LogP contribution in [0.1, 0.15) is 16.1 Å². The first-order valence-corrected chi connectivity index (χ1v) is 9.53. The molecule has 0 atom stereocenters. The molecule has 2 aromatic heterocycles. The van der Waals surface area contributed by atoms with Crippen LogP contribution in [0.25, 0.3) is 5.69 Å². The highest BCUT2D eigenvalue weighted by Crippen LogP contribution is 2.19. The topological polar surface area (TPSA) is 67.2 Å². The van der Waals surface area contributed by atoms with Gasteiger partial charge in [-0.3, -0.25) is 9.78 Å². The summed E-state index contributed by atoms with van der Waals surface area (Å²) in [5, 5.41) is 4.42. The Kier molecular flexibility index (Phi) is 4.89. The average Bonchev–Trinajstić information content (AvgIpc) is 3.10. The van der Waals surface area contributed by atoms with E-state index in [1.165, 1.54) is 0 Å². The van der Waals surface area contributed by atoms with Gasteiger partial charge in [-0.1, -0.05) is 15.9 Å². The molecule has 1 aliphatic rings. The van der Waals surface area contributed by atoms with E-state index in [4.69, 9.17) is 0 Å². The Hall–Kier alpha value is -2.74. The molecule has 0 aliphatic carbocycles. The minimum absolute atomic E-state index is 0.0228. The molecule has 1 amide bonds. The number of rotatable bonds is 3. The molecule has 3 aromatic rings. The number of halogens is 1. The maximum atomic E-state index is 13.0. The molecule has 8 heteroatoms. The fourth-order valence-electron chi connectivity index (χ4n) is 3.23. The standard InChI is InChI=1S/C19H19BrN6O/c1-14-17(12-23-26(14)16-4-2-15(20)3-5-16)19(27)25-10-8-24(9-11-25)18-13-21-6-7-22-18/h2-7,12-13H,8-11H2,1H3. The second kappa shape index (κ2) is 7.48. The predicted molar refractivity (Wildman–Crippen MR) is 106 cm³/mol. The lowest BCUT2D eigenvalue weighted by molar-refractivity contribution is 0.0745. The number of hydrogen-bond donors (Lipinski definition) is 0. The van der Waals surface area contributed by atoms with Crippen LogP contribution < -0.4 is 4.90 Å². The van der Waals surface area contributed by atoms with Gasteiger partial charge in [-0.2, -0.15) is 5.10 Å². The van der Waals surface area contributed by atoms with Crippen molar-refractivity contribution in [1.82, 2.24) is 24.6 Å². The van der Waals surface area contributed by atoms with Crippen LogP contribution in [0.5, 0.6) is 0 Å². The molecule has 7 nitrogen and oxygen atoms in total.